The molecule has 3 heterocycles. The van der Waals surface area contributed by atoms with Crippen LogP contribution < -0.4 is 10.6 Å². The van der Waals surface area contributed by atoms with Gasteiger partial charge >= 0.3 is 5.97 Å². The van der Waals surface area contributed by atoms with Crippen LogP contribution in [0.1, 0.15) is 42.5 Å². The van der Waals surface area contributed by atoms with Gasteiger partial charge in [-0.1, -0.05) is 30.3 Å². The van der Waals surface area contributed by atoms with Crippen molar-refractivity contribution in [3.8, 4) is 0 Å². The maximum absolute atomic E-state index is 11.5. The Labute approximate surface area is 178 Å². The fourth-order valence-electron chi connectivity index (χ4n) is 4.88. The van der Waals surface area contributed by atoms with Crippen molar-refractivity contribution < 1.29 is 9.90 Å². The van der Waals surface area contributed by atoms with E-state index in [1.54, 1.807) is 30.7 Å². The van der Waals surface area contributed by atoms with E-state index in [-0.39, 0.29) is 5.56 Å². The lowest BCUT2D eigenvalue weighted by molar-refractivity contribution is 0.0693. The van der Waals surface area contributed by atoms with Gasteiger partial charge in [0, 0.05) is 30.2 Å². The van der Waals surface area contributed by atoms with Crippen LogP contribution >= 0.6 is 11.8 Å². The van der Waals surface area contributed by atoms with E-state index in [2.05, 4.69) is 15.1 Å². The summed E-state index contributed by atoms with van der Waals surface area (Å²) in [6.45, 7) is 1.84. The largest absolute Gasteiger partial charge is 0.478 e. The third kappa shape index (κ3) is 3.22. The van der Waals surface area contributed by atoms with E-state index in [9.17, 15) is 9.90 Å². The fraction of sp³-hybridized carbons (Fsp3) is 0.429. The zero-order valence-electron chi connectivity index (χ0n) is 16.6. The molecule has 1 saturated carbocycles. The molecule has 3 N–H and O–H groups in total. The van der Waals surface area contributed by atoms with Gasteiger partial charge in [-0.2, -0.15) is 0 Å². The molecule has 1 unspecified atom stereocenters. The summed E-state index contributed by atoms with van der Waals surface area (Å²) in [5, 5.41) is 17.8. The number of carboxylic acid groups (broad SMARTS) is 1. The van der Waals surface area contributed by atoms with Crippen LogP contribution in [0.15, 0.2) is 46.6 Å². The monoisotopic (exact) mass is 424 g/mol. The molecule has 0 radical (unpaired) electrons. The lowest BCUT2D eigenvalue weighted by atomic mass is 9.74. The maximum Gasteiger partial charge on any atom is 0.336 e. The summed E-state index contributed by atoms with van der Waals surface area (Å²) in [7, 11) is 0. The molecule has 1 aromatic carbocycles. The molecule has 1 aliphatic carbocycles. The zero-order valence-corrected chi connectivity index (χ0v) is 17.4. The van der Waals surface area contributed by atoms with Crippen molar-refractivity contribution in [1.29, 1.82) is 0 Å². The molecule has 2 fully saturated rings. The van der Waals surface area contributed by atoms with Crippen molar-refractivity contribution >= 4 is 29.3 Å². The highest BCUT2D eigenvalue weighted by Gasteiger charge is 2.43. The molecule has 0 amide bonds. The van der Waals surface area contributed by atoms with E-state index in [0.29, 0.717) is 22.0 Å². The van der Waals surface area contributed by atoms with Crippen LogP contribution in [0.2, 0.25) is 0 Å². The number of nitrogens with zero attached hydrogens (tertiary/aromatic N) is 5. The Morgan fingerprint density at radius 1 is 1.20 bits per heavy atom. The number of nitrogens with two attached hydrogens (primary N) is 1. The molecule has 30 heavy (non-hydrogen) atoms. The van der Waals surface area contributed by atoms with Gasteiger partial charge in [0.1, 0.15) is 6.33 Å². The number of carboxylic acids is 1. The Balaban J connectivity index is 1.42. The predicted molar refractivity (Wildman–Crippen MR) is 114 cm³/mol. The van der Waals surface area contributed by atoms with E-state index in [1.165, 1.54) is 24.6 Å². The molecule has 5 rings (SSSR count). The Morgan fingerprint density at radius 2 is 2.00 bits per heavy atom. The first-order valence-corrected chi connectivity index (χ1v) is 11.1. The summed E-state index contributed by atoms with van der Waals surface area (Å²) < 4.78 is 1.90. The number of hydrogen-bond acceptors (Lipinski definition) is 7. The number of fused-ring (bicyclic) bond motifs is 1. The lowest BCUT2D eigenvalue weighted by Gasteiger charge is -2.42. The number of benzene rings is 1. The normalized spacial score (nSPS) is 20.8. The smallest absolute Gasteiger partial charge is 0.336 e. The number of aromatic nitrogens is 4. The number of aromatic carboxylic acids is 1. The van der Waals surface area contributed by atoms with Gasteiger partial charge in [-0.25, -0.2) is 14.2 Å². The van der Waals surface area contributed by atoms with Crippen LogP contribution in [0.5, 0.6) is 0 Å². The van der Waals surface area contributed by atoms with Gasteiger partial charge in [0.25, 0.3) is 0 Å². The van der Waals surface area contributed by atoms with Crippen LogP contribution in [0.3, 0.4) is 0 Å². The molecule has 156 valence electrons. The van der Waals surface area contributed by atoms with E-state index in [4.69, 9.17) is 10.7 Å². The molecule has 9 heteroatoms. The summed E-state index contributed by atoms with van der Waals surface area (Å²) in [6, 6.07) is 7.26. The maximum atomic E-state index is 11.5. The van der Waals surface area contributed by atoms with Crippen molar-refractivity contribution in [3.63, 3.8) is 0 Å². The van der Waals surface area contributed by atoms with E-state index in [1.807, 2.05) is 10.5 Å². The summed E-state index contributed by atoms with van der Waals surface area (Å²) >= 11 is 1.35. The van der Waals surface area contributed by atoms with Gasteiger partial charge in [-0.15, -0.1) is 10.2 Å². The van der Waals surface area contributed by atoms with Gasteiger partial charge in [-0.05, 0) is 43.2 Å². The van der Waals surface area contributed by atoms with Crippen molar-refractivity contribution in [1.82, 2.24) is 19.6 Å². The Kier molecular flexibility index (Phi) is 4.86. The molecule has 1 atom stereocenters. The highest BCUT2D eigenvalue weighted by molar-refractivity contribution is 7.99. The highest BCUT2D eigenvalue weighted by atomic mass is 32.2. The predicted octanol–water partition coefficient (Wildman–Crippen LogP) is 3.07. The summed E-state index contributed by atoms with van der Waals surface area (Å²) in [6.07, 6.45) is 9.22. The van der Waals surface area contributed by atoms with Crippen LogP contribution in [0.25, 0.3) is 5.65 Å². The standard InChI is InChI=1S/C21H24N6O2S/c22-17-6-3-7-21(17)8-10-26(11-9-21)20-23-12-16(18-25-24-13-27(18)20)30-15-5-2-1-4-14(15)19(28)29/h1-2,4-5,12-13,17H,3,6-11,22H2,(H,28,29). The summed E-state index contributed by atoms with van der Waals surface area (Å²) in [5.74, 6) is -0.125. The number of hydrogen-bond donors (Lipinski definition) is 2. The molecule has 1 spiro atoms. The SMILES string of the molecule is NC1CCCC12CCN(c1ncc(Sc3ccccc3C(=O)O)c3nncn13)CC2. The van der Waals surface area contributed by atoms with Crippen LogP contribution in [0.4, 0.5) is 5.95 Å². The second kappa shape index (κ2) is 7.55. The van der Waals surface area contributed by atoms with Gasteiger partial charge in [0.2, 0.25) is 5.95 Å². The second-order valence-electron chi connectivity index (χ2n) is 8.20. The number of rotatable bonds is 4. The van der Waals surface area contributed by atoms with Crippen LogP contribution in [-0.2, 0) is 0 Å². The molecular formula is C21H24N6O2S. The minimum absolute atomic E-state index is 0.262. The number of piperidine rings is 1. The summed E-state index contributed by atoms with van der Waals surface area (Å²) in [5.41, 5.74) is 7.66. The first-order chi connectivity index (χ1) is 14.6. The number of carbonyl (C=O) groups is 1. The zero-order chi connectivity index (χ0) is 20.7. The molecule has 1 saturated heterocycles. The van der Waals surface area contributed by atoms with Gasteiger partial charge in [-0.3, -0.25) is 0 Å². The van der Waals surface area contributed by atoms with Crippen molar-refractivity contribution in [2.45, 2.75) is 47.9 Å². The lowest BCUT2D eigenvalue weighted by Crippen LogP contribution is -2.47. The van der Waals surface area contributed by atoms with Gasteiger partial charge < -0.3 is 15.7 Å². The Morgan fingerprint density at radius 3 is 2.73 bits per heavy atom. The van der Waals surface area contributed by atoms with E-state index >= 15 is 0 Å². The molecule has 2 aliphatic rings. The quantitative estimate of drug-likeness (QED) is 0.658. The van der Waals surface area contributed by atoms with Crippen LogP contribution in [-0.4, -0.2) is 49.8 Å². The van der Waals surface area contributed by atoms with E-state index in [0.717, 1.165) is 43.2 Å². The molecule has 3 aromatic rings. The van der Waals surface area contributed by atoms with Crippen molar-refractivity contribution in [3.05, 3.63) is 42.4 Å². The topological polar surface area (TPSA) is 110 Å². The first-order valence-electron chi connectivity index (χ1n) is 10.3. The molecular weight excluding hydrogens is 400 g/mol. The Hall–Kier alpha value is -2.65. The average molecular weight is 425 g/mol. The fourth-order valence-corrected chi connectivity index (χ4v) is 5.87. The first kappa shape index (κ1) is 19.3. The highest BCUT2D eigenvalue weighted by Crippen LogP contribution is 2.46. The van der Waals surface area contributed by atoms with Crippen molar-refractivity contribution in [2.75, 3.05) is 18.0 Å². The van der Waals surface area contributed by atoms with E-state index < -0.39 is 5.97 Å². The third-order valence-electron chi connectivity index (χ3n) is 6.64. The Bertz CT molecular complexity index is 1090. The second-order valence-corrected chi connectivity index (χ2v) is 9.28. The molecule has 1 aliphatic heterocycles. The number of anilines is 1. The van der Waals surface area contributed by atoms with Gasteiger partial charge in [0.15, 0.2) is 5.65 Å². The minimum Gasteiger partial charge on any atom is -0.478 e. The average Bonchev–Trinajstić information content (AvgIpc) is 3.37. The van der Waals surface area contributed by atoms with Gasteiger partial charge in [0.05, 0.1) is 10.5 Å². The van der Waals surface area contributed by atoms with Crippen LogP contribution in [0, 0.1) is 5.41 Å². The van der Waals surface area contributed by atoms with Crippen molar-refractivity contribution in [2.24, 2.45) is 11.1 Å². The third-order valence-corrected chi connectivity index (χ3v) is 7.72. The molecule has 2 aromatic heterocycles. The molecule has 8 nitrogen and oxygen atoms in total. The minimum atomic E-state index is -0.951. The molecule has 0 bridgehead atoms. The summed E-state index contributed by atoms with van der Waals surface area (Å²) in [4.78, 5) is 20.0.